The number of hydrogen-bond acceptors (Lipinski definition) is 8. The van der Waals surface area contributed by atoms with Crippen molar-refractivity contribution in [2.45, 2.75) is 19.0 Å². The fourth-order valence-electron chi connectivity index (χ4n) is 3.62. The molecule has 4 heterocycles. The number of alkyl halides is 3. The van der Waals surface area contributed by atoms with Crippen molar-refractivity contribution in [3.63, 3.8) is 0 Å². The van der Waals surface area contributed by atoms with Crippen molar-refractivity contribution in [1.82, 2.24) is 15.0 Å². The number of rotatable bonds is 2. The average Bonchev–Trinajstić information content (AvgIpc) is 3.19. The maximum absolute atomic E-state index is 13.1. The summed E-state index contributed by atoms with van der Waals surface area (Å²) in [6, 6.07) is 0. The molecule has 8 nitrogen and oxygen atoms in total. The lowest BCUT2D eigenvalue weighted by Crippen LogP contribution is -2.51. The molecule has 1 unspecified atom stereocenters. The smallest absolute Gasteiger partial charge is 0.475 e. The predicted octanol–water partition coefficient (Wildman–Crippen LogP) is 2.83. The molecule has 2 aliphatic heterocycles. The number of carboxylic acid groups (broad SMARTS) is 1. The highest BCUT2D eigenvalue weighted by molar-refractivity contribution is 7.13. The minimum absolute atomic E-state index is 0.0260. The molecule has 0 radical (unpaired) electrons. The number of halogens is 4. The van der Waals surface area contributed by atoms with E-state index in [0.717, 1.165) is 50.8 Å². The van der Waals surface area contributed by atoms with Gasteiger partial charge in [0.25, 0.3) is 0 Å². The summed E-state index contributed by atoms with van der Waals surface area (Å²) in [7, 11) is 0. The summed E-state index contributed by atoms with van der Waals surface area (Å²) in [6.45, 7) is 4.94. The molecule has 13 heteroatoms. The van der Waals surface area contributed by atoms with Crippen LogP contribution in [-0.2, 0) is 9.53 Å². The lowest BCUT2D eigenvalue weighted by Gasteiger charge is -2.43. The Morgan fingerprint density at radius 3 is 2.45 bits per heavy atom. The summed E-state index contributed by atoms with van der Waals surface area (Å²) in [4.78, 5) is 26.1. The number of carboxylic acids is 1. The zero-order valence-corrected chi connectivity index (χ0v) is 17.2. The number of aromatic nitrogens is 3. The molecule has 2 aromatic heterocycles. The molecule has 2 fully saturated rings. The molecular formula is C18H21F4N5O3S. The third-order valence-corrected chi connectivity index (χ3v) is 5.76. The van der Waals surface area contributed by atoms with E-state index in [0.29, 0.717) is 12.6 Å². The number of nitrogens with zero attached hydrogens (tertiary/aromatic N) is 5. The molecule has 2 aliphatic rings. The van der Waals surface area contributed by atoms with Gasteiger partial charge in [0, 0.05) is 43.2 Å². The first-order valence-electron chi connectivity index (χ1n) is 9.43. The maximum atomic E-state index is 13.1. The van der Waals surface area contributed by atoms with E-state index in [2.05, 4.69) is 24.8 Å². The van der Waals surface area contributed by atoms with Crippen molar-refractivity contribution in [3.8, 4) is 0 Å². The predicted molar refractivity (Wildman–Crippen MR) is 105 cm³/mol. The van der Waals surface area contributed by atoms with Crippen LogP contribution in [0, 0.1) is 11.2 Å². The van der Waals surface area contributed by atoms with Crippen LogP contribution in [0.2, 0.25) is 0 Å². The van der Waals surface area contributed by atoms with Crippen LogP contribution in [0.4, 0.5) is 28.6 Å². The van der Waals surface area contributed by atoms with Gasteiger partial charge < -0.3 is 19.6 Å². The minimum atomic E-state index is -5.08. The van der Waals surface area contributed by atoms with Crippen molar-refractivity contribution in [3.05, 3.63) is 29.8 Å². The van der Waals surface area contributed by atoms with Gasteiger partial charge in [0.2, 0.25) is 5.95 Å². The number of thiazole rings is 1. The Hall–Kier alpha value is -2.54. The van der Waals surface area contributed by atoms with Crippen LogP contribution in [0.1, 0.15) is 12.8 Å². The van der Waals surface area contributed by atoms with Gasteiger partial charge in [-0.2, -0.15) is 13.2 Å². The molecule has 0 aliphatic carbocycles. The Morgan fingerprint density at radius 2 is 1.84 bits per heavy atom. The Bertz CT molecular complexity index is 853. The second-order valence-corrected chi connectivity index (χ2v) is 8.19. The van der Waals surface area contributed by atoms with Crippen molar-refractivity contribution in [2.24, 2.45) is 5.41 Å². The highest BCUT2D eigenvalue weighted by Gasteiger charge is 2.40. The van der Waals surface area contributed by atoms with Crippen LogP contribution >= 0.6 is 11.3 Å². The van der Waals surface area contributed by atoms with E-state index >= 15 is 0 Å². The third-order valence-electron chi connectivity index (χ3n) is 4.92. The van der Waals surface area contributed by atoms with Gasteiger partial charge in [-0.1, -0.05) is 0 Å². The molecule has 0 amide bonds. The number of aliphatic carboxylic acids is 1. The molecule has 170 valence electrons. The molecule has 1 spiro atoms. The van der Waals surface area contributed by atoms with E-state index in [4.69, 9.17) is 14.6 Å². The van der Waals surface area contributed by atoms with Crippen molar-refractivity contribution in [2.75, 3.05) is 49.2 Å². The van der Waals surface area contributed by atoms with Crippen molar-refractivity contribution < 1.29 is 32.2 Å². The fraction of sp³-hybridized carbons (Fsp3) is 0.556. The van der Waals surface area contributed by atoms with Gasteiger partial charge >= 0.3 is 12.1 Å². The summed E-state index contributed by atoms with van der Waals surface area (Å²) in [5.41, 5.74) is 0.0260. The number of piperidine rings is 1. The van der Waals surface area contributed by atoms with Gasteiger partial charge in [0.1, 0.15) is 0 Å². The van der Waals surface area contributed by atoms with Crippen LogP contribution in [0.25, 0.3) is 0 Å². The van der Waals surface area contributed by atoms with Gasteiger partial charge in [-0.15, -0.1) is 11.3 Å². The fourth-order valence-corrected chi connectivity index (χ4v) is 4.29. The molecule has 31 heavy (non-hydrogen) atoms. The molecule has 4 rings (SSSR count). The van der Waals surface area contributed by atoms with Crippen LogP contribution in [0.5, 0.6) is 0 Å². The van der Waals surface area contributed by atoms with Crippen LogP contribution in [-0.4, -0.2) is 71.6 Å². The molecule has 1 atom stereocenters. The van der Waals surface area contributed by atoms with E-state index < -0.39 is 18.0 Å². The summed E-state index contributed by atoms with van der Waals surface area (Å²) >= 11 is 1.66. The highest BCUT2D eigenvalue weighted by atomic mass is 32.1. The van der Waals surface area contributed by atoms with Crippen LogP contribution < -0.4 is 9.80 Å². The Kier molecular flexibility index (Phi) is 7.26. The van der Waals surface area contributed by atoms with Gasteiger partial charge in [-0.05, 0) is 12.8 Å². The van der Waals surface area contributed by atoms with Crippen LogP contribution in [0.15, 0.2) is 24.0 Å². The average molecular weight is 463 g/mol. The highest BCUT2D eigenvalue weighted by Crippen LogP contribution is 2.35. The van der Waals surface area contributed by atoms with E-state index in [1.54, 1.807) is 11.3 Å². The van der Waals surface area contributed by atoms with Gasteiger partial charge in [-0.3, -0.25) is 0 Å². The monoisotopic (exact) mass is 463 g/mol. The lowest BCUT2D eigenvalue weighted by atomic mass is 9.80. The first-order valence-corrected chi connectivity index (χ1v) is 10.3. The third kappa shape index (κ3) is 6.23. The molecule has 0 aromatic carbocycles. The standard InChI is InChI=1S/C16H20FN5OS.C2HF3O2/c17-13-8-19-14(20-9-13)21-4-1-2-16(10-21)11-22(5-6-23-12-16)15-18-3-7-24-15;3-2(4,5)1(6)7/h3,7-9H,1-2,4-6,10-12H2;(H,6,7). The lowest BCUT2D eigenvalue weighted by molar-refractivity contribution is -0.192. The summed E-state index contributed by atoms with van der Waals surface area (Å²) in [5.74, 6) is -2.56. The molecule has 2 saturated heterocycles. The summed E-state index contributed by atoms with van der Waals surface area (Å²) < 4.78 is 50.8. The molecule has 1 N–H and O–H groups in total. The van der Waals surface area contributed by atoms with Crippen molar-refractivity contribution in [1.29, 1.82) is 0 Å². The molecule has 0 bridgehead atoms. The zero-order chi connectivity index (χ0) is 22.5. The summed E-state index contributed by atoms with van der Waals surface area (Å²) in [5, 5.41) is 10.2. The quantitative estimate of drug-likeness (QED) is 0.680. The Morgan fingerprint density at radius 1 is 1.16 bits per heavy atom. The van der Waals surface area contributed by atoms with E-state index in [9.17, 15) is 17.6 Å². The van der Waals surface area contributed by atoms with E-state index in [1.807, 2.05) is 11.6 Å². The number of anilines is 2. The van der Waals surface area contributed by atoms with Crippen molar-refractivity contribution >= 4 is 28.4 Å². The number of hydrogen-bond donors (Lipinski definition) is 1. The molecule has 2 aromatic rings. The zero-order valence-electron chi connectivity index (χ0n) is 16.4. The van der Waals surface area contributed by atoms with Gasteiger partial charge in [-0.25, -0.2) is 24.1 Å². The SMILES string of the molecule is Fc1cnc(N2CCCC3(COCCN(c4nccs4)C3)C2)nc1.O=C(O)C(F)(F)F. The first kappa shape index (κ1) is 23.1. The van der Waals surface area contributed by atoms with E-state index in [-0.39, 0.29) is 5.41 Å². The second kappa shape index (κ2) is 9.73. The second-order valence-electron chi connectivity index (χ2n) is 7.32. The topological polar surface area (TPSA) is 91.7 Å². The number of carbonyl (C=O) groups is 1. The van der Waals surface area contributed by atoms with Gasteiger partial charge in [0.15, 0.2) is 10.9 Å². The maximum Gasteiger partial charge on any atom is 0.490 e. The Labute approximate surface area is 179 Å². The van der Waals surface area contributed by atoms with Gasteiger partial charge in [0.05, 0.1) is 25.6 Å². The molecular weight excluding hydrogens is 442 g/mol. The Balaban J connectivity index is 0.000000339. The molecule has 0 saturated carbocycles. The minimum Gasteiger partial charge on any atom is -0.475 e. The largest absolute Gasteiger partial charge is 0.490 e. The summed E-state index contributed by atoms with van der Waals surface area (Å²) in [6.07, 6.45) is 1.38. The number of ether oxygens (including phenoxy) is 1. The first-order chi connectivity index (χ1) is 14.7. The van der Waals surface area contributed by atoms with E-state index in [1.165, 1.54) is 12.4 Å². The normalized spacial score (nSPS) is 21.9. The van der Waals surface area contributed by atoms with Crippen LogP contribution in [0.3, 0.4) is 0 Å².